The second-order valence-corrected chi connectivity index (χ2v) is 6.81. The van der Waals surface area contributed by atoms with E-state index in [2.05, 4.69) is 10.2 Å². The van der Waals surface area contributed by atoms with Crippen LogP contribution in [0.2, 0.25) is 0 Å². The van der Waals surface area contributed by atoms with Crippen LogP contribution < -0.4 is 0 Å². The second-order valence-electron chi connectivity index (χ2n) is 5.79. The van der Waals surface area contributed by atoms with Gasteiger partial charge < -0.3 is 5.11 Å². The monoisotopic (exact) mass is 472 g/mol. The Morgan fingerprint density at radius 3 is 2.42 bits per heavy atom. The number of fused-ring (bicyclic) bond motifs is 1. The van der Waals surface area contributed by atoms with E-state index in [-0.39, 0.29) is 11.3 Å². The summed E-state index contributed by atoms with van der Waals surface area (Å²) in [4.78, 5) is 11.1. The number of carboxylic acid groups (broad SMARTS) is 1. The van der Waals surface area contributed by atoms with Crippen LogP contribution in [0.3, 0.4) is 0 Å². The maximum Gasteiger partial charge on any atom is 0.397 e. The van der Waals surface area contributed by atoms with E-state index in [4.69, 9.17) is 5.11 Å². The Morgan fingerprint density at radius 1 is 1.08 bits per heavy atom. The van der Waals surface area contributed by atoms with E-state index in [1.807, 2.05) is 22.6 Å². The average molecular weight is 472 g/mol. The fourth-order valence-corrected chi connectivity index (χ4v) is 3.18. The number of aromatic carboxylic acids is 1. The summed E-state index contributed by atoms with van der Waals surface area (Å²) in [6.45, 7) is 1.06. The van der Waals surface area contributed by atoms with Crippen LogP contribution in [0.5, 0.6) is 0 Å². The molecule has 0 spiro atoms. The summed E-state index contributed by atoms with van der Waals surface area (Å²) in [5, 5.41) is 17.7. The summed E-state index contributed by atoms with van der Waals surface area (Å²) in [6, 6.07) is 11.3. The number of aromatic nitrogens is 2. The van der Waals surface area contributed by atoms with Crippen LogP contribution in [-0.2, 0) is 0 Å². The molecule has 0 aliphatic carbocycles. The number of halogens is 4. The zero-order chi connectivity index (χ0) is 19.1. The van der Waals surface area contributed by atoms with Gasteiger partial charge in [0.1, 0.15) is 3.70 Å². The molecule has 0 saturated heterocycles. The van der Waals surface area contributed by atoms with Crippen molar-refractivity contribution in [2.75, 3.05) is 0 Å². The fourth-order valence-electron chi connectivity index (χ4n) is 2.63. The maximum absolute atomic E-state index is 13.1. The van der Waals surface area contributed by atoms with Crippen LogP contribution in [0.4, 0.5) is 13.2 Å². The fraction of sp³-hybridized carbons (Fsp3) is 0.167. The molecule has 0 radical (unpaired) electrons. The van der Waals surface area contributed by atoms with Crippen LogP contribution in [0.25, 0.3) is 21.9 Å². The van der Waals surface area contributed by atoms with Gasteiger partial charge >= 0.3 is 12.1 Å². The number of nitrogens with zero attached hydrogens (tertiary/aromatic N) is 2. The van der Waals surface area contributed by atoms with Crippen molar-refractivity contribution in [3.63, 3.8) is 0 Å². The Bertz CT molecular complexity index is 1010. The summed E-state index contributed by atoms with van der Waals surface area (Å²) in [5.41, 5.74) is 1.36. The van der Waals surface area contributed by atoms with Gasteiger partial charge in [0.15, 0.2) is 0 Å². The SMILES string of the molecule is CC(c1nnc(I)c2cc(-c3cccc(C(=O)O)c3)ccc12)C(F)(F)F. The Labute approximate surface area is 160 Å². The molecule has 8 heteroatoms. The lowest BCUT2D eigenvalue weighted by molar-refractivity contribution is -0.146. The van der Waals surface area contributed by atoms with Gasteiger partial charge in [-0.2, -0.15) is 18.3 Å². The summed E-state index contributed by atoms with van der Waals surface area (Å²) in [7, 11) is 0. The summed E-state index contributed by atoms with van der Waals surface area (Å²) >= 11 is 1.92. The third-order valence-corrected chi connectivity index (χ3v) is 4.90. The van der Waals surface area contributed by atoms with E-state index in [0.29, 0.717) is 25.6 Å². The van der Waals surface area contributed by atoms with Crippen molar-refractivity contribution >= 4 is 39.3 Å². The average Bonchev–Trinajstić information content (AvgIpc) is 2.60. The van der Waals surface area contributed by atoms with Crippen LogP contribution in [-0.4, -0.2) is 27.4 Å². The minimum atomic E-state index is -4.41. The molecule has 1 N–H and O–H groups in total. The van der Waals surface area contributed by atoms with E-state index >= 15 is 0 Å². The highest BCUT2D eigenvalue weighted by atomic mass is 127. The van der Waals surface area contributed by atoms with E-state index in [1.54, 1.807) is 30.3 Å². The number of rotatable bonds is 3. The molecule has 26 heavy (non-hydrogen) atoms. The van der Waals surface area contributed by atoms with Gasteiger partial charge in [-0.15, -0.1) is 5.10 Å². The summed E-state index contributed by atoms with van der Waals surface area (Å²) < 4.78 is 39.8. The first-order valence-electron chi connectivity index (χ1n) is 7.54. The first kappa shape index (κ1) is 18.6. The molecule has 0 aliphatic heterocycles. The molecule has 3 rings (SSSR count). The number of hydrogen-bond donors (Lipinski definition) is 1. The van der Waals surface area contributed by atoms with E-state index in [0.717, 1.165) is 6.92 Å². The number of hydrogen-bond acceptors (Lipinski definition) is 3. The third-order valence-electron chi connectivity index (χ3n) is 4.11. The van der Waals surface area contributed by atoms with Crippen molar-refractivity contribution in [1.82, 2.24) is 10.2 Å². The first-order chi connectivity index (χ1) is 12.2. The van der Waals surface area contributed by atoms with Gasteiger partial charge in [-0.25, -0.2) is 4.79 Å². The molecule has 1 aromatic heterocycles. The predicted molar refractivity (Wildman–Crippen MR) is 99.1 cm³/mol. The van der Waals surface area contributed by atoms with Gasteiger partial charge in [-0.3, -0.25) is 0 Å². The van der Waals surface area contributed by atoms with Crippen LogP contribution in [0.1, 0.15) is 28.9 Å². The molecule has 0 bridgehead atoms. The van der Waals surface area contributed by atoms with E-state index in [1.165, 1.54) is 12.1 Å². The largest absolute Gasteiger partial charge is 0.478 e. The van der Waals surface area contributed by atoms with Crippen molar-refractivity contribution in [2.24, 2.45) is 0 Å². The van der Waals surface area contributed by atoms with Gasteiger partial charge in [0.25, 0.3) is 0 Å². The van der Waals surface area contributed by atoms with Gasteiger partial charge in [-0.05, 0) is 58.8 Å². The molecule has 3 aromatic rings. The lowest BCUT2D eigenvalue weighted by Gasteiger charge is -2.17. The number of carbonyl (C=O) groups is 1. The highest BCUT2D eigenvalue weighted by molar-refractivity contribution is 14.1. The lowest BCUT2D eigenvalue weighted by Crippen LogP contribution is -2.19. The highest BCUT2D eigenvalue weighted by Crippen LogP contribution is 2.37. The Hall–Kier alpha value is -2.23. The van der Waals surface area contributed by atoms with E-state index < -0.39 is 18.1 Å². The number of benzene rings is 2. The van der Waals surface area contributed by atoms with Crippen LogP contribution >= 0.6 is 22.6 Å². The first-order valence-corrected chi connectivity index (χ1v) is 8.62. The normalized spacial score (nSPS) is 13.0. The molecule has 2 aromatic carbocycles. The van der Waals surface area contributed by atoms with Crippen molar-refractivity contribution in [3.05, 3.63) is 57.4 Å². The molecule has 0 saturated carbocycles. The Balaban J connectivity index is 2.17. The molecule has 0 amide bonds. The maximum atomic E-state index is 13.1. The summed E-state index contributed by atoms with van der Waals surface area (Å²) in [6.07, 6.45) is -4.41. The summed E-state index contributed by atoms with van der Waals surface area (Å²) in [5.74, 6) is -2.79. The standard InChI is InChI=1S/C18H12F3IN2O2/c1-9(18(19,20)21)15-13-6-5-11(8-14(13)16(22)24-23-15)10-3-2-4-12(7-10)17(25)26/h2-9H,1H3,(H,25,26). The van der Waals surface area contributed by atoms with Gasteiger partial charge in [-0.1, -0.05) is 24.3 Å². The van der Waals surface area contributed by atoms with Gasteiger partial charge in [0.05, 0.1) is 17.2 Å². The Morgan fingerprint density at radius 2 is 1.77 bits per heavy atom. The molecular formula is C18H12F3IN2O2. The van der Waals surface area contributed by atoms with Gasteiger partial charge in [0, 0.05) is 10.8 Å². The lowest BCUT2D eigenvalue weighted by atomic mass is 9.97. The molecule has 1 atom stereocenters. The van der Waals surface area contributed by atoms with Crippen molar-refractivity contribution in [3.8, 4) is 11.1 Å². The smallest absolute Gasteiger partial charge is 0.397 e. The van der Waals surface area contributed by atoms with Crippen LogP contribution in [0, 0.1) is 3.70 Å². The second kappa shape index (κ2) is 6.82. The minimum Gasteiger partial charge on any atom is -0.478 e. The highest BCUT2D eigenvalue weighted by Gasteiger charge is 2.39. The Kier molecular flexibility index (Phi) is 4.87. The minimum absolute atomic E-state index is 0.126. The van der Waals surface area contributed by atoms with Crippen LogP contribution in [0.15, 0.2) is 42.5 Å². The van der Waals surface area contributed by atoms with Gasteiger partial charge in [0.2, 0.25) is 0 Å². The number of alkyl halides is 3. The molecule has 1 heterocycles. The quantitative estimate of drug-likeness (QED) is 0.528. The topological polar surface area (TPSA) is 63.1 Å². The molecule has 0 aliphatic rings. The zero-order valence-corrected chi connectivity index (χ0v) is 15.5. The molecule has 0 fully saturated rings. The molecular weight excluding hydrogens is 460 g/mol. The van der Waals surface area contributed by atoms with Crippen molar-refractivity contribution in [2.45, 2.75) is 19.0 Å². The van der Waals surface area contributed by atoms with Crippen molar-refractivity contribution in [1.29, 1.82) is 0 Å². The number of carboxylic acids is 1. The molecule has 1 unspecified atom stereocenters. The van der Waals surface area contributed by atoms with Crippen molar-refractivity contribution < 1.29 is 23.1 Å². The van der Waals surface area contributed by atoms with E-state index in [9.17, 15) is 18.0 Å². The predicted octanol–water partition coefficient (Wildman–Crippen LogP) is 5.27. The molecule has 134 valence electrons. The molecule has 4 nitrogen and oxygen atoms in total. The third kappa shape index (κ3) is 3.50. The zero-order valence-electron chi connectivity index (χ0n) is 13.4.